The molecule has 2 saturated heterocycles. The second-order valence-corrected chi connectivity index (χ2v) is 6.72. The lowest BCUT2D eigenvalue weighted by atomic mass is 10.1. The van der Waals surface area contributed by atoms with Crippen molar-refractivity contribution in [2.45, 2.75) is 38.9 Å². The molecule has 0 bridgehead atoms. The van der Waals surface area contributed by atoms with Gasteiger partial charge in [0.1, 0.15) is 11.8 Å². The average Bonchev–Trinajstić information content (AvgIpc) is 3.09. The summed E-state index contributed by atoms with van der Waals surface area (Å²) in [5.41, 5.74) is 0.940. The predicted molar refractivity (Wildman–Crippen MR) is 99.1 cm³/mol. The van der Waals surface area contributed by atoms with E-state index in [-0.39, 0.29) is 30.4 Å². The maximum absolute atomic E-state index is 12.7. The first-order chi connectivity index (χ1) is 13.0. The highest BCUT2D eigenvalue weighted by Gasteiger charge is 2.43. The number of ether oxygens (including phenoxy) is 1. The largest absolute Gasteiger partial charge is 0.494 e. The molecule has 2 aliphatic heterocycles. The highest BCUT2D eigenvalue weighted by Crippen LogP contribution is 2.22. The lowest BCUT2D eigenvalue weighted by molar-refractivity contribution is -0.143. The second-order valence-electron chi connectivity index (χ2n) is 6.72. The normalized spacial score (nSPS) is 21.5. The lowest BCUT2D eigenvalue weighted by Gasteiger charge is -2.28. The Kier molecular flexibility index (Phi) is 5.83. The predicted octanol–water partition coefficient (Wildman–Crippen LogP) is 0.716. The summed E-state index contributed by atoms with van der Waals surface area (Å²) in [7, 11) is 0. The molecule has 2 atom stereocenters. The van der Waals surface area contributed by atoms with Crippen LogP contribution in [0, 0.1) is 0 Å². The van der Waals surface area contributed by atoms with Crippen molar-refractivity contribution in [2.24, 2.45) is 0 Å². The van der Waals surface area contributed by atoms with Crippen LogP contribution < -0.4 is 15.4 Å². The second kappa shape index (κ2) is 8.28. The topological polar surface area (TPSA) is 91.0 Å². The van der Waals surface area contributed by atoms with Crippen LogP contribution in [0.25, 0.3) is 0 Å². The Bertz CT molecular complexity index is 699. The minimum absolute atomic E-state index is 0.0330. The van der Waals surface area contributed by atoms with Crippen molar-refractivity contribution >= 4 is 17.8 Å². The molecule has 146 valence electrons. The summed E-state index contributed by atoms with van der Waals surface area (Å²) in [4.78, 5) is 39.9. The molecule has 0 aromatic heterocycles. The number of nitrogens with one attached hydrogen (secondary N) is 2. The van der Waals surface area contributed by atoms with E-state index < -0.39 is 6.04 Å². The van der Waals surface area contributed by atoms with E-state index in [2.05, 4.69) is 10.6 Å². The van der Waals surface area contributed by atoms with Crippen LogP contribution in [-0.4, -0.2) is 66.0 Å². The molecule has 0 aliphatic carbocycles. The van der Waals surface area contributed by atoms with Crippen LogP contribution in [0.3, 0.4) is 0 Å². The number of amides is 4. The summed E-state index contributed by atoms with van der Waals surface area (Å²) < 4.78 is 5.64. The van der Waals surface area contributed by atoms with Crippen molar-refractivity contribution in [3.05, 3.63) is 29.8 Å². The quantitative estimate of drug-likeness (QED) is 0.768. The minimum Gasteiger partial charge on any atom is -0.494 e. The summed E-state index contributed by atoms with van der Waals surface area (Å²) >= 11 is 0. The molecule has 2 aliphatic rings. The van der Waals surface area contributed by atoms with Crippen molar-refractivity contribution in [2.75, 3.05) is 26.2 Å². The van der Waals surface area contributed by atoms with Crippen molar-refractivity contribution in [3.63, 3.8) is 0 Å². The number of para-hydroxylation sites is 1. The lowest BCUT2D eigenvalue weighted by Crippen LogP contribution is -2.55. The van der Waals surface area contributed by atoms with E-state index in [9.17, 15) is 14.4 Å². The third kappa shape index (κ3) is 4.15. The van der Waals surface area contributed by atoms with Gasteiger partial charge in [0.05, 0.1) is 25.7 Å². The highest BCUT2D eigenvalue weighted by molar-refractivity contribution is 5.95. The van der Waals surface area contributed by atoms with Crippen LogP contribution in [0.4, 0.5) is 4.79 Å². The average molecular weight is 374 g/mol. The Labute approximate surface area is 158 Å². The zero-order chi connectivity index (χ0) is 19.4. The van der Waals surface area contributed by atoms with Gasteiger partial charge in [-0.2, -0.15) is 0 Å². The smallest absolute Gasteiger partial charge is 0.317 e. The first-order valence-electron chi connectivity index (χ1n) is 9.36. The van der Waals surface area contributed by atoms with Crippen molar-refractivity contribution in [1.29, 1.82) is 0 Å². The zero-order valence-electron chi connectivity index (χ0n) is 15.7. The van der Waals surface area contributed by atoms with Crippen molar-refractivity contribution in [3.8, 4) is 5.75 Å². The van der Waals surface area contributed by atoms with Gasteiger partial charge in [-0.1, -0.05) is 18.2 Å². The van der Waals surface area contributed by atoms with Crippen LogP contribution in [-0.2, 0) is 16.1 Å². The first kappa shape index (κ1) is 19.0. The van der Waals surface area contributed by atoms with Crippen molar-refractivity contribution < 1.29 is 19.1 Å². The molecule has 2 heterocycles. The third-order valence-electron chi connectivity index (χ3n) is 4.97. The van der Waals surface area contributed by atoms with Crippen LogP contribution in [0.5, 0.6) is 5.75 Å². The number of fused-ring (bicyclic) bond motifs is 1. The molecule has 8 nitrogen and oxygen atoms in total. The molecule has 1 aromatic rings. The fraction of sp³-hybridized carbons (Fsp3) is 0.526. The molecule has 4 amide bonds. The number of hydrogen-bond acceptors (Lipinski definition) is 4. The molecule has 27 heavy (non-hydrogen) atoms. The van der Waals surface area contributed by atoms with E-state index in [1.54, 1.807) is 9.80 Å². The van der Waals surface area contributed by atoms with Crippen LogP contribution in [0.15, 0.2) is 24.3 Å². The van der Waals surface area contributed by atoms with Crippen LogP contribution >= 0.6 is 0 Å². The summed E-state index contributed by atoms with van der Waals surface area (Å²) in [6.07, 6.45) is 0.441. The third-order valence-corrected chi connectivity index (χ3v) is 4.97. The number of benzene rings is 1. The molecule has 1 aromatic carbocycles. The van der Waals surface area contributed by atoms with Gasteiger partial charge in [-0.05, 0) is 26.3 Å². The molecule has 2 N–H and O–H groups in total. The van der Waals surface area contributed by atoms with E-state index in [1.165, 1.54) is 0 Å². The maximum atomic E-state index is 12.7. The highest BCUT2D eigenvalue weighted by atomic mass is 16.5. The summed E-state index contributed by atoms with van der Waals surface area (Å²) in [5, 5.41) is 5.57. The molecule has 3 rings (SSSR count). The van der Waals surface area contributed by atoms with Gasteiger partial charge in [0.25, 0.3) is 0 Å². The van der Waals surface area contributed by atoms with Gasteiger partial charge in [-0.3, -0.25) is 9.59 Å². The van der Waals surface area contributed by atoms with Gasteiger partial charge in [0.2, 0.25) is 11.8 Å². The molecular weight excluding hydrogens is 348 g/mol. The molecule has 8 heteroatoms. The van der Waals surface area contributed by atoms with E-state index in [0.29, 0.717) is 32.7 Å². The molecule has 0 radical (unpaired) electrons. The number of carbonyl (C=O) groups is 3. The monoisotopic (exact) mass is 374 g/mol. The standard InChI is InChI=1S/C19H26N4O4/c1-3-22(11-13-7-5-6-8-16(13)27-4-2)19(26)21-14-9-15-18(25)20-10-17(24)23(15)12-14/h5-8,14-15H,3-4,9-12H2,1-2H3,(H,20,25)(H,21,26)/t14-,15-/m0/s1. The van der Waals surface area contributed by atoms with Gasteiger partial charge in [0.15, 0.2) is 0 Å². The van der Waals surface area contributed by atoms with Crippen molar-refractivity contribution in [1.82, 2.24) is 20.4 Å². The van der Waals surface area contributed by atoms with Gasteiger partial charge >= 0.3 is 6.03 Å². The van der Waals surface area contributed by atoms with Crippen LogP contribution in [0.1, 0.15) is 25.8 Å². The number of hydrogen-bond donors (Lipinski definition) is 2. The van der Waals surface area contributed by atoms with Gasteiger partial charge in [-0.25, -0.2) is 4.79 Å². The van der Waals surface area contributed by atoms with E-state index in [4.69, 9.17) is 4.74 Å². The summed E-state index contributed by atoms with van der Waals surface area (Å²) in [6, 6.07) is 6.74. The van der Waals surface area contributed by atoms with Crippen LogP contribution in [0.2, 0.25) is 0 Å². The zero-order valence-corrected chi connectivity index (χ0v) is 15.7. The molecule has 0 spiro atoms. The number of rotatable bonds is 6. The Hall–Kier alpha value is -2.77. The van der Waals surface area contributed by atoms with Gasteiger partial charge < -0.3 is 25.2 Å². The SMILES string of the molecule is CCOc1ccccc1CN(CC)C(=O)N[C@H]1C[C@H]2C(=O)NCC(=O)N2C1. The number of urea groups is 1. The fourth-order valence-electron chi connectivity index (χ4n) is 3.58. The Morgan fingerprint density at radius 3 is 2.81 bits per heavy atom. The molecule has 0 unspecified atom stereocenters. The fourth-order valence-corrected chi connectivity index (χ4v) is 3.58. The molecular formula is C19H26N4O4. The number of piperazine rings is 1. The number of nitrogens with zero attached hydrogens (tertiary/aromatic N) is 2. The Morgan fingerprint density at radius 2 is 2.11 bits per heavy atom. The maximum Gasteiger partial charge on any atom is 0.317 e. The first-order valence-corrected chi connectivity index (χ1v) is 9.36. The minimum atomic E-state index is -0.481. The van der Waals surface area contributed by atoms with Gasteiger partial charge in [-0.15, -0.1) is 0 Å². The Morgan fingerprint density at radius 1 is 1.33 bits per heavy atom. The number of carbonyl (C=O) groups excluding carboxylic acids is 3. The summed E-state index contributed by atoms with van der Waals surface area (Å²) in [6.45, 7) is 5.76. The molecule has 0 saturated carbocycles. The molecule has 2 fully saturated rings. The van der Waals surface area contributed by atoms with E-state index in [0.717, 1.165) is 11.3 Å². The Balaban J connectivity index is 1.63. The van der Waals surface area contributed by atoms with E-state index in [1.807, 2.05) is 38.1 Å². The summed E-state index contributed by atoms with van der Waals surface area (Å²) in [5.74, 6) is 0.519. The van der Waals surface area contributed by atoms with E-state index >= 15 is 0 Å². The van der Waals surface area contributed by atoms with Gasteiger partial charge in [0, 0.05) is 18.7 Å².